The summed E-state index contributed by atoms with van der Waals surface area (Å²) in [5.74, 6) is 1.10. The summed E-state index contributed by atoms with van der Waals surface area (Å²) < 4.78 is 2.22. The number of benzene rings is 1. The van der Waals surface area contributed by atoms with E-state index in [4.69, 9.17) is 0 Å². The van der Waals surface area contributed by atoms with E-state index >= 15 is 0 Å². The Morgan fingerprint density at radius 3 is 2.57 bits per heavy atom. The molecule has 0 unspecified atom stereocenters. The van der Waals surface area contributed by atoms with E-state index in [1.807, 2.05) is 42.7 Å². The molecule has 3 aromatic rings. The van der Waals surface area contributed by atoms with Gasteiger partial charge in [-0.2, -0.15) is 5.10 Å². The highest BCUT2D eigenvalue weighted by molar-refractivity contribution is 5.74. The van der Waals surface area contributed by atoms with Gasteiger partial charge in [-0.25, -0.2) is 10.1 Å². The van der Waals surface area contributed by atoms with Gasteiger partial charge in [-0.1, -0.05) is 30.3 Å². The molecule has 1 aromatic carbocycles. The van der Waals surface area contributed by atoms with Gasteiger partial charge in [-0.15, -0.1) is 0 Å². The van der Waals surface area contributed by atoms with Crippen LogP contribution in [0.1, 0.15) is 25.7 Å². The van der Waals surface area contributed by atoms with Crippen LogP contribution in [0.2, 0.25) is 0 Å². The second-order valence-electron chi connectivity index (χ2n) is 7.44. The number of hydrogen-bond donors (Lipinski definition) is 1. The number of imidazole rings is 1. The third-order valence-electron chi connectivity index (χ3n) is 5.22. The van der Waals surface area contributed by atoms with Crippen molar-refractivity contribution in [3.63, 3.8) is 0 Å². The SMILES string of the molecule is CC(C)n1ccnc1CN1CCN(c2cc(=O)[nH]nc2-c2ccccc2)CC1. The minimum atomic E-state index is -0.170. The van der Waals surface area contributed by atoms with Crippen molar-refractivity contribution < 1.29 is 0 Å². The molecule has 1 aliphatic heterocycles. The van der Waals surface area contributed by atoms with Gasteiger partial charge in [0.25, 0.3) is 5.56 Å². The van der Waals surface area contributed by atoms with E-state index in [2.05, 4.69) is 43.4 Å². The van der Waals surface area contributed by atoms with Crippen LogP contribution >= 0.6 is 0 Å². The fourth-order valence-electron chi connectivity index (χ4n) is 3.73. The van der Waals surface area contributed by atoms with Crippen molar-refractivity contribution in [2.75, 3.05) is 31.1 Å². The van der Waals surface area contributed by atoms with Crippen LogP contribution in [-0.2, 0) is 6.54 Å². The molecule has 4 rings (SSSR count). The Balaban J connectivity index is 1.49. The Hall–Kier alpha value is -2.93. The quantitative estimate of drug-likeness (QED) is 0.739. The van der Waals surface area contributed by atoms with Crippen molar-refractivity contribution in [3.8, 4) is 11.3 Å². The number of nitrogens with one attached hydrogen (secondary N) is 1. The lowest BCUT2D eigenvalue weighted by atomic mass is 10.1. The molecule has 0 atom stereocenters. The highest BCUT2D eigenvalue weighted by atomic mass is 16.1. The van der Waals surface area contributed by atoms with E-state index in [1.165, 1.54) is 0 Å². The summed E-state index contributed by atoms with van der Waals surface area (Å²) in [6, 6.07) is 12.1. The number of aromatic nitrogens is 4. The second-order valence-corrected chi connectivity index (χ2v) is 7.44. The molecular formula is C21H26N6O. The first kappa shape index (κ1) is 18.4. The number of anilines is 1. The molecular weight excluding hydrogens is 352 g/mol. The summed E-state index contributed by atoms with van der Waals surface area (Å²) in [7, 11) is 0. The zero-order valence-electron chi connectivity index (χ0n) is 16.4. The first-order valence-electron chi connectivity index (χ1n) is 9.76. The third kappa shape index (κ3) is 3.84. The Morgan fingerprint density at radius 1 is 1.11 bits per heavy atom. The predicted octanol–water partition coefficient (Wildman–Crippen LogP) is 2.54. The Labute approximate surface area is 164 Å². The minimum absolute atomic E-state index is 0.170. The van der Waals surface area contributed by atoms with Crippen LogP contribution < -0.4 is 10.5 Å². The maximum atomic E-state index is 11.9. The van der Waals surface area contributed by atoms with Gasteiger partial charge in [0.1, 0.15) is 11.5 Å². The predicted molar refractivity (Wildman–Crippen MR) is 110 cm³/mol. The van der Waals surface area contributed by atoms with E-state index < -0.39 is 0 Å². The Bertz CT molecular complexity index is 970. The molecule has 1 N–H and O–H groups in total. The first-order chi connectivity index (χ1) is 13.6. The van der Waals surface area contributed by atoms with Crippen molar-refractivity contribution in [2.24, 2.45) is 0 Å². The van der Waals surface area contributed by atoms with Gasteiger partial charge in [0, 0.05) is 56.2 Å². The van der Waals surface area contributed by atoms with Crippen LogP contribution in [0.5, 0.6) is 0 Å². The molecule has 28 heavy (non-hydrogen) atoms. The van der Waals surface area contributed by atoms with Crippen molar-refractivity contribution in [2.45, 2.75) is 26.4 Å². The summed E-state index contributed by atoms with van der Waals surface area (Å²) in [6.45, 7) is 8.75. The molecule has 1 aliphatic rings. The van der Waals surface area contributed by atoms with E-state index in [-0.39, 0.29) is 5.56 Å². The summed E-state index contributed by atoms with van der Waals surface area (Å²) in [6.07, 6.45) is 3.92. The fraction of sp³-hybridized carbons (Fsp3) is 0.381. The number of aromatic amines is 1. The van der Waals surface area contributed by atoms with Gasteiger partial charge in [-0.05, 0) is 13.8 Å². The molecule has 0 amide bonds. The molecule has 7 heteroatoms. The number of rotatable bonds is 5. The summed E-state index contributed by atoms with van der Waals surface area (Å²) in [4.78, 5) is 21.1. The van der Waals surface area contributed by atoms with Crippen molar-refractivity contribution in [1.29, 1.82) is 0 Å². The van der Waals surface area contributed by atoms with Gasteiger partial charge in [0.05, 0.1) is 12.2 Å². The molecule has 3 heterocycles. The molecule has 0 spiro atoms. The van der Waals surface area contributed by atoms with Crippen molar-refractivity contribution in [1.82, 2.24) is 24.6 Å². The van der Waals surface area contributed by atoms with Gasteiger partial charge < -0.3 is 9.47 Å². The van der Waals surface area contributed by atoms with Crippen LogP contribution in [0, 0.1) is 0 Å². The molecule has 0 aliphatic carbocycles. The molecule has 0 radical (unpaired) electrons. The maximum Gasteiger partial charge on any atom is 0.266 e. The molecule has 7 nitrogen and oxygen atoms in total. The molecule has 1 saturated heterocycles. The van der Waals surface area contributed by atoms with Crippen LogP contribution in [-0.4, -0.2) is 50.8 Å². The van der Waals surface area contributed by atoms with Crippen molar-refractivity contribution >= 4 is 5.69 Å². The van der Waals surface area contributed by atoms with Crippen LogP contribution in [0.25, 0.3) is 11.3 Å². The van der Waals surface area contributed by atoms with Gasteiger partial charge in [0.2, 0.25) is 0 Å². The van der Waals surface area contributed by atoms with Crippen LogP contribution in [0.4, 0.5) is 5.69 Å². The fourth-order valence-corrected chi connectivity index (χ4v) is 3.73. The lowest BCUT2D eigenvalue weighted by molar-refractivity contribution is 0.239. The third-order valence-corrected chi connectivity index (χ3v) is 5.22. The zero-order chi connectivity index (χ0) is 19.5. The zero-order valence-corrected chi connectivity index (χ0v) is 16.4. The van der Waals surface area contributed by atoms with Crippen LogP contribution in [0.15, 0.2) is 53.6 Å². The van der Waals surface area contributed by atoms with Gasteiger partial charge in [0.15, 0.2) is 0 Å². The normalized spacial score (nSPS) is 15.3. The number of nitrogens with zero attached hydrogens (tertiary/aromatic N) is 5. The first-order valence-corrected chi connectivity index (χ1v) is 9.76. The van der Waals surface area contributed by atoms with E-state index in [1.54, 1.807) is 6.07 Å². The Kier molecular flexibility index (Phi) is 5.25. The van der Waals surface area contributed by atoms with E-state index in [0.29, 0.717) is 6.04 Å². The largest absolute Gasteiger partial charge is 0.367 e. The maximum absolute atomic E-state index is 11.9. The average Bonchev–Trinajstić information content (AvgIpc) is 3.18. The molecule has 1 fully saturated rings. The number of H-pyrrole nitrogens is 1. The lowest BCUT2D eigenvalue weighted by Gasteiger charge is -2.36. The van der Waals surface area contributed by atoms with Gasteiger partial charge in [-0.3, -0.25) is 9.69 Å². The highest BCUT2D eigenvalue weighted by Gasteiger charge is 2.22. The van der Waals surface area contributed by atoms with E-state index in [0.717, 1.165) is 55.5 Å². The van der Waals surface area contributed by atoms with Crippen LogP contribution in [0.3, 0.4) is 0 Å². The summed E-state index contributed by atoms with van der Waals surface area (Å²) in [5, 5.41) is 6.91. The Morgan fingerprint density at radius 2 is 1.86 bits per heavy atom. The van der Waals surface area contributed by atoms with E-state index in [9.17, 15) is 4.79 Å². The average molecular weight is 378 g/mol. The summed E-state index contributed by atoms with van der Waals surface area (Å²) >= 11 is 0. The molecule has 146 valence electrons. The molecule has 0 saturated carbocycles. The van der Waals surface area contributed by atoms with Gasteiger partial charge >= 0.3 is 0 Å². The highest BCUT2D eigenvalue weighted by Crippen LogP contribution is 2.27. The van der Waals surface area contributed by atoms with Crippen molar-refractivity contribution in [3.05, 3.63) is 65.0 Å². The smallest absolute Gasteiger partial charge is 0.266 e. The topological polar surface area (TPSA) is 70.1 Å². The monoisotopic (exact) mass is 378 g/mol. The lowest BCUT2D eigenvalue weighted by Crippen LogP contribution is -2.46. The molecule has 2 aromatic heterocycles. The summed E-state index contributed by atoms with van der Waals surface area (Å²) in [5.41, 5.74) is 2.56. The second kappa shape index (κ2) is 7.98. The minimum Gasteiger partial charge on any atom is -0.367 e. The number of piperazine rings is 1. The number of hydrogen-bond acceptors (Lipinski definition) is 5. The standard InChI is InChI=1S/C21H26N6O/c1-16(2)27-9-8-22-19(27)15-25-10-12-26(13-11-25)18-14-20(28)23-24-21(18)17-6-4-3-5-7-17/h3-9,14,16H,10-13,15H2,1-2H3,(H,23,28). The molecule has 0 bridgehead atoms.